The van der Waals surface area contributed by atoms with Crippen LogP contribution in [0.3, 0.4) is 0 Å². The van der Waals surface area contributed by atoms with Crippen LogP contribution in [0.4, 0.5) is 4.39 Å². The normalized spacial score (nSPS) is 15.2. The first kappa shape index (κ1) is 30.0. The fraction of sp³-hybridized carbons (Fsp3) is 0.516. The molecule has 3 aromatic rings. The fourth-order valence-corrected chi connectivity index (χ4v) is 5.31. The molecule has 208 valence electrons. The number of halogens is 2. The summed E-state index contributed by atoms with van der Waals surface area (Å²) in [6, 6.07) is 14.5. The maximum Gasteiger partial charge on any atom is 0.253 e. The first-order valence-electron chi connectivity index (χ1n) is 14.1. The molecule has 1 unspecified atom stereocenters. The third-order valence-corrected chi connectivity index (χ3v) is 7.65. The quantitative estimate of drug-likeness (QED) is 0.250. The van der Waals surface area contributed by atoms with E-state index in [1.165, 1.54) is 31.4 Å². The van der Waals surface area contributed by atoms with Crippen LogP contribution in [-0.4, -0.2) is 47.7 Å². The molecule has 1 aliphatic heterocycles. The number of fused-ring (bicyclic) bond motifs is 1. The highest BCUT2D eigenvalue weighted by atomic mass is 35.5. The zero-order chi connectivity index (χ0) is 26.0. The van der Waals surface area contributed by atoms with Gasteiger partial charge >= 0.3 is 0 Å². The first-order valence-corrected chi connectivity index (χ1v) is 14.1. The highest BCUT2D eigenvalue weighted by molar-refractivity contribution is 6.07. The van der Waals surface area contributed by atoms with Crippen molar-refractivity contribution in [1.82, 2.24) is 14.8 Å². The Morgan fingerprint density at radius 1 is 1.05 bits per heavy atom. The van der Waals surface area contributed by atoms with E-state index in [1.807, 2.05) is 18.3 Å². The van der Waals surface area contributed by atoms with Gasteiger partial charge in [0.15, 0.2) is 0 Å². The summed E-state index contributed by atoms with van der Waals surface area (Å²) < 4.78 is 21.4. The van der Waals surface area contributed by atoms with Gasteiger partial charge in [-0.15, -0.1) is 12.4 Å². The number of nitrogens with one attached hydrogen (secondary N) is 1. The molecule has 1 amide bonds. The van der Waals surface area contributed by atoms with Gasteiger partial charge in [-0.05, 0) is 68.5 Å². The lowest BCUT2D eigenvalue weighted by Crippen LogP contribution is -2.38. The number of unbranched alkanes of at least 4 members (excludes halogenated alkanes) is 1. The molecule has 7 heteroatoms. The number of hydrogen-bond donors (Lipinski definition) is 1. The third-order valence-electron chi connectivity index (χ3n) is 7.65. The lowest BCUT2D eigenvalue weighted by atomic mass is 9.99. The zero-order valence-electron chi connectivity index (χ0n) is 22.8. The number of amides is 1. The Kier molecular flexibility index (Phi) is 11.9. The highest BCUT2D eigenvalue weighted by Crippen LogP contribution is 2.23. The number of piperidine rings is 1. The monoisotopic (exact) mass is 543 g/mol. The molecule has 0 saturated carbocycles. The molecule has 0 bridgehead atoms. The predicted molar refractivity (Wildman–Crippen MR) is 156 cm³/mol. The maximum atomic E-state index is 13.1. The van der Waals surface area contributed by atoms with Crippen LogP contribution < -0.4 is 10.1 Å². The number of para-hydroxylation sites is 1. The van der Waals surface area contributed by atoms with Crippen molar-refractivity contribution in [3.63, 3.8) is 0 Å². The molecule has 0 aliphatic carbocycles. The molecule has 0 spiro atoms. The molecule has 2 aromatic carbocycles. The van der Waals surface area contributed by atoms with Crippen molar-refractivity contribution in [2.45, 2.75) is 71.4 Å². The van der Waals surface area contributed by atoms with E-state index in [0.29, 0.717) is 5.92 Å². The fourth-order valence-electron chi connectivity index (χ4n) is 5.31. The molecule has 1 aromatic heterocycles. The van der Waals surface area contributed by atoms with Crippen molar-refractivity contribution in [2.75, 3.05) is 26.2 Å². The molecule has 2 heterocycles. The Morgan fingerprint density at radius 3 is 2.50 bits per heavy atom. The van der Waals surface area contributed by atoms with Crippen LogP contribution in [0.5, 0.6) is 5.75 Å². The van der Waals surface area contributed by atoms with E-state index in [0.717, 1.165) is 80.6 Å². The van der Waals surface area contributed by atoms with Crippen molar-refractivity contribution in [1.29, 1.82) is 0 Å². The summed E-state index contributed by atoms with van der Waals surface area (Å²) in [6.07, 6.45) is 9.88. The van der Waals surface area contributed by atoms with Gasteiger partial charge in [0.1, 0.15) is 17.7 Å². The van der Waals surface area contributed by atoms with Crippen molar-refractivity contribution in [3.8, 4) is 5.75 Å². The predicted octanol–water partition coefficient (Wildman–Crippen LogP) is 7.08. The summed E-state index contributed by atoms with van der Waals surface area (Å²) in [5.74, 6) is 1.08. The minimum atomic E-state index is -0.238. The number of aromatic nitrogens is 1. The zero-order valence-corrected chi connectivity index (χ0v) is 23.6. The second-order valence-corrected chi connectivity index (χ2v) is 10.3. The van der Waals surface area contributed by atoms with E-state index in [9.17, 15) is 9.18 Å². The molecule has 1 atom stereocenters. The molecule has 38 heavy (non-hydrogen) atoms. The molecule has 1 aliphatic rings. The highest BCUT2D eigenvalue weighted by Gasteiger charge is 2.21. The minimum absolute atomic E-state index is 0. The number of likely N-dealkylation sites (tertiary alicyclic amines) is 1. The molecule has 1 fully saturated rings. The van der Waals surface area contributed by atoms with Crippen LogP contribution in [0.25, 0.3) is 10.9 Å². The Balaban J connectivity index is 0.00000400. The number of hydrogen-bond acceptors (Lipinski definition) is 3. The van der Waals surface area contributed by atoms with E-state index < -0.39 is 0 Å². The SMILES string of the molecule is CCCCC(CC)CNC(=O)c1cn(CCCN2CCC(Oc3ccc(F)cc3)CC2)c2ccccc12.Cl. The van der Waals surface area contributed by atoms with Gasteiger partial charge in [-0.3, -0.25) is 4.79 Å². The van der Waals surface area contributed by atoms with E-state index in [-0.39, 0.29) is 30.2 Å². The van der Waals surface area contributed by atoms with Gasteiger partial charge in [0, 0.05) is 43.3 Å². The summed E-state index contributed by atoms with van der Waals surface area (Å²) in [5, 5.41) is 4.23. The molecule has 1 N–H and O–H groups in total. The standard InChI is InChI=1S/C31H42FN3O2.ClH/c1-3-5-9-24(4-2)22-33-31(36)29-23-35(30-11-7-6-10-28(29)30)19-8-18-34-20-16-27(17-21-34)37-26-14-12-25(32)13-15-26;/h6-7,10-15,23-24,27H,3-5,8-9,16-22H2,1-2H3,(H,33,36);1H. The lowest BCUT2D eigenvalue weighted by molar-refractivity contribution is 0.0947. The Bertz CT molecular complexity index is 1130. The van der Waals surface area contributed by atoms with E-state index in [4.69, 9.17) is 4.74 Å². The van der Waals surface area contributed by atoms with E-state index in [1.54, 1.807) is 12.1 Å². The molecule has 0 radical (unpaired) electrons. The first-order chi connectivity index (χ1) is 18.1. The third kappa shape index (κ3) is 8.21. The molecular weight excluding hydrogens is 501 g/mol. The number of carbonyl (C=O) groups is 1. The molecule has 4 rings (SSSR count). The molecule has 1 saturated heterocycles. The van der Waals surface area contributed by atoms with Crippen LogP contribution in [0.2, 0.25) is 0 Å². The molecule has 5 nitrogen and oxygen atoms in total. The van der Waals surface area contributed by atoms with Crippen molar-refractivity contribution in [2.24, 2.45) is 5.92 Å². The average molecular weight is 544 g/mol. The van der Waals surface area contributed by atoms with Crippen LogP contribution in [-0.2, 0) is 6.54 Å². The summed E-state index contributed by atoms with van der Waals surface area (Å²) in [5.41, 5.74) is 1.90. The van der Waals surface area contributed by atoms with Crippen LogP contribution in [0.1, 0.15) is 69.2 Å². The van der Waals surface area contributed by atoms with Crippen molar-refractivity contribution >= 4 is 29.2 Å². The van der Waals surface area contributed by atoms with Gasteiger partial charge in [0.05, 0.1) is 5.56 Å². The smallest absolute Gasteiger partial charge is 0.253 e. The Hall–Kier alpha value is -2.57. The van der Waals surface area contributed by atoms with Gasteiger partial charge in [0.25, 0.3) is 5.91 Å². The lowest BCUT2D eigenvalue weighted by Gasteiger charge is -2.32. The summed E-state index contributed by atoms with van der Waals surface area (Å²) in [7, 11) is 0. The Morgan fingerprint density at radius 2 is 1.79 bits per heavy atom. The molecular formula is C31H43ClFN3O2. The summed E-state index contributed by atoms with van der Waals surface area (Å²) in [6.45, 7) is 9.08. The van der Waals surface area contributed by atoms with Gasteiger partial charge in [-0.1, -0.05) is 51.3 Å². The maximum absolute atomic E-state index is 13.1. The van der Waals surface area contributed by atoms with Gasteiger partial charge in [-0.25, -0.2) is 4.39 Å². The Labute approximate surface area is 233 Å². The van der Waals surface area contributed by atoms with Crippen molar-refractivity contribution in [3.05, 3.63) is 66.1 Å². The largest absolute Gasteiger partial charge is 0.490 e. The minimum Gasteiger partial charge on any atom is -0.490 e. The van der Waals surface area contributed by atoms with E-state index >= 15 is 0 Å². The average Bonchev–Trinajstić information content (AvgIpc) is 3.30. The van der Waals surface area contributed by atoms with Gasteiger partial charge < -0.3 is 19.5 Å². The van der Waals surface area contributed by atoms with Gasteiger partial charge in [0.2, 0.25) is 0 Å². The topological polar surface area (TPSA) is 46.5 Å². The van der Waals surface area contributed by atoms with Crippen molar-refractivity contribution < 1.29 is 13.9 Å². The number of ether oxygens (including phenoxy) is 1. The number of rotatable bonds is 13. The number of nitrogens with zero attached hydrogens (tertiary/aromatic N) is 2. The number of benzene rings is 2. The summed E-state index contributed by atoms with van der Waals surface area (Å²) >= 11 is 0. The van der Waals surface area contributed by atoms with Crippen LogP contribution >= 0.6 is 12.4 Å². The van der Waals surface area contributed by atoms with Gasteiger partial charge in [-0.2, -0.15) is 0 Å². The number of carbonyl (C=O) groups excluding carboxylic acids is 1. The van der Waals surface area contributed by atoms with Crippen LogP contribution in [0, 0.1) is 11.7 Å². The second kappa shape index (κ2) is 15.1. The second-order valence-electron chi connectivity index (χ2n) is 10.3. The number of aryl methyl sites for hydroxylation is 1. The van der Waals surface area contributed by atoms with E-state index in [2.05, 4.69) is 40.8 Å². The summed E-state index contributed by atoms with van der Waals surface area (Å²) in [4.78, 5) is 15.6. The van der Waals surface area contributed by atoms with Crippen LogP contribution in [0.15, 0.2) is 54.7 Å².